The molecule has 0 aromatic heterocycles. The highest BCUT2D eigenvalue weighted by atomic mass is 32.2. The number of amides is 1. The Labute approximate surface area is 139 Å². The van der Waals surface area contributed by atoms with E-state index < -0.39 is 4.92 Å². The summed E-state index contributed by atoms with van der Waals surface area (Å²) < 4.78 is 0. The van der Waals surface area contributed by atoms with Gasteiger partial charge in [-0.2, -0.15) is 0 Å². The molecule has 0 unspecified atom stereocenters. The Morgan fingerprint density at radius 1 is 1.13 bits per heavy atom. The summed E-state index contributed by atoms with van der Waals surface area (Å²) in [5.74, 6) is -0.0618. The van der Waals surface area contributed by atoms with Crippen molar-refractivity contribution in [1.29, 1.82) is 0 Å². The number of carbonyl (C=O) groups excluding carboxylic acids is 1. The zero-order valence-corrected chi connectivity index (χ0v) is 14.1. The number of thioether (sulfide) groups is 1. The number of nitro benzene ring substituents is 1. The van der Waals surface area contributed by atoms with Crippen molar-refractivity contribution in [2.24, 2.45) is 0 Å². The molecule has 120 valence electrons. The van der Waals surface area contributed by atoms with Crippen LogP contribution in [0.2, 0.25) is 0 Å². The van der Waals surface area contributed by atoms with Crippen LogP contribution in [0, 0.1) is 30.9 Å². The second-order valence-corrected chi connectivity index (χ2v) is 6.41. The summed E-state index contributed by atoms with van der Waals surface area (Å²) in [6, 6.07) is 10.8. The first-order chi connectivity index (χ1) is 10.9. The third-order valence-electron chi connectivity index (χ3n) is 3.47. The second kappa shape index (κ2) is 7.28. The van der Waals surface area contributed by atoms with E-state index in [0.29, 0.717) is 0 Å². The summed E-state index contributed by atoms with van der Waals surface area (Å²) in [4.78, 5) is 23.6. The average Bonchev–Trinajstić information content (AvgIpc) is 2.50. The molecule has 0 spiro atoms. The largest absolute Gasteiger partial charge is 0.320 e. The van der Waals surface area contributed by atoms with E-state index in [9.17, 15) is 14.9 Å². The van der Waals surface area contributed by atoms with Gasteiger partial charge in [-0.15, -0.1) is 11.8 Å². The Hall–Kier alpha value is -2.34. The van der Waals surface area contributed by atoms with Crippen LogP contribution in [0.15, 0.2) is 41.3 Å². The van der Waals surface area contributed by atoms with E-state index in [0.717, 1.165) is 10.5 Å². The predicted octanol–water partition coefficient (Wildman–Crippen LogP) is 4.25. The molecule has 0 heterocycles. The molecule has 0 aliphatic carbocycles. The van der Waals surface area contributed by atoms with Crippen molar-refractivity contribution in [2.45, 2.75) is 25.7 Å². The van der Waals surface area contributed by atoms with Gasteiger partial charge in [-0.3, -0.25) is 14.9 Å². The predicted molar refractivity (Wildman–Crippen MR) is 93.1 cm³/mol. The van der Waals surface area contributed by atoms with Crippen molar-refractivity contribution >= 4 is 29.0 Å². The molecule has 6 heteroatoms. The second-order valence-electron chi connectivity index (χ2n) is 5.36. The van der Waals surface area contributed by atoms with Crippen LogP contribution < -0.4 is 5.32 Å². The lowest BCUT2D eigenvalue weighted by Crippen LogP contribution is -2.15. The third kappa shape index (κ3) is 4.56. The van der Waals surface area contributed by atoms with Gasteiger partial charge in [0.1, 0.15) is 5.69 Å². The van der Waals surface area contributed by atoms with Gasteiger partial charge in [0, 0.05) is 11.0 Å². The fraction of sp³-hybridized carbons (Fsp3) is 0.235. The lowest BCUT2D eigenvalue weighted by Gasteiger charge is -2.07. The Morgan fingerprint density at radius 2 is 1.87 bits per heavy atom. The Morgan fingerprint density at radius 3 is 2.52 bits per heavy atom. The van der Waals surface area contributed by atoms with Gasteiger partial charge in [-0.25, -0.2) is 0 Å². The Kier molecular flexibility index (Phi) is 5.39. The number of nitrogens with zero attached hydrogens (tertiary/aromatic N) is 1. The fourth-order valence-corrected chi connectivity index (χ4v) is 2.83. The van der Waals surface area contributed by atoms with Crippen molar-refractivity contribution in [3.8, 4) is 0 Å². The molecule has 2 aromatic rings. The van der Waals surface area contributed by atoms with Crippen LogP contribution in [0.5, 0.6) is 0 Å². The summed E-state index contributed by atoms with van der Waals surface area (Å²) in [5, 5.41) is 13.7. The molecule has 1 amide bonds. The van der Waals surface area contributed by atoms with Crippen molar-refractivity contribution in [1.82, 2.24) is 0 Å². The normalized spacial score (nSPS) is 10.4. The number of benzene rings is 2. The minimum absolute atomic E-state index is 0.0884. The van der Waals surface area contributed by atoms with Gasteiger partial charge in [-0.1, -0.05) is 12.1 Å². The summed E-state index contributed by atoms with van der Waals surface area (Å²) in [7, 11) is 0. The molecule has 0 aliphatic heterocycles. The SMILES string of the molecule is Cc1ccc(NC(=O)CSc2ccc(C)c(C)c2)c([N+](=O)[O-])c1. The molecule has 2 aromatic carbocycles. The maximum atomic E-state index is 12.0. The number of rotatable bonds is 5. The van der Waals surface area contributed by atoms with E-state index in [1.165, 1.54) is 29.0 Å². The fourth-order valence-electron chi connectivity index (χ4n) is 2.04. The molecular formula is C17H18N2O3S. The lowest BCUT2D eigenvalue weighted by molar-refractivity contribution is -0.384. The molecule has 0 saturated carbocycles. The van der Waals surface area contributed by atoms with E-state index in [1.54, 1.807) is 19.1 Å². The zero-order chi connectivity index (χ0) is 17.0. The number of carbonyl (C=O) groups is 1. The van der Waals surface area contributed by atoms with Crippen LogP contribution in [0.4, 0.5) is 11.4 Å². The molecule has 0 radical (unpaired) electrons. The topological polar surface area (TPSA) is 72.2 Å². The maximum Gasteiger partial charge on any atom is 0.293 e. The summed E-state index contributed by atoms with van der Waals surface area (Å²) >= 11 is 1.41. The summed E-state index contributed by atoms with van der Waals surface area (Å²) in [6.45, 7) is 5.83. The molecule has 0 bridgehead atoms. The molecular weight excluding hydrogens is 312 g/mol. The van der Waals surface area contributed by atoms with Gasteiger partial charge < -0.3 is 5.32 Å². The highest BCUT2D eigenvalue weighted by molar-refractivity contribution is 8.00. The van der Waals surface area contributed by atoms with Crippen molar-refractivity contribution in [3.63, 3.8) is 0 Å². The van der Waals surface area contributed by atoms with Crippen molar-refractivity contribution in [2.75, 3.05) is 11.1 Å². The first-order valence-electron chi connectivity index (χ1n) is 7.12. The van der Waals surface area contributed by atoms with Crippen LogP contribution in [0.25, 0.3) is 0 Å². The van der Waals surface area contributed by atoms with Gasteiger partial charge in [0.2, 0.25) is 5.91 Å². The van der Waals surface area contributed by atoms with E-state index in [1.807, 2.05) is 32.0 Å². The van der Waals surface area contributed by atoms with Gasteiger partial charge in [0.15, 0.2) is 0 Å². The molecule has 0 atom stereocenters. The van der Waals surface area contributed by atoms with Crippen LogP contribution in [0.3, 0.4) is 0 Å². The number of aryl methyl sites for hydroxylation is 3. The number of hydrogen-bond acceptors (Lipinski definition) is 4. The van der Waals surface area contributed by atoms with Crippen LogP contribution in [-0.2, 0) is 4.79 Å². The van der Waals surface area contributed by atoms with E-state index in [4.69, 9.17) is 0 Å². The monoisotopic (exact) mass is 330 g/mol. The summed E-state index contributed by atoms with van der Waals surface area (Å²) in [5.41, 5.74) is 3.29. The van der Waals surface area contributed by atoms with E-state index in [2.05, 4.69) is 5.32 Å². The smallest absolute Gasteiger partial charge is 0.293 e. The molecule has 0 saturated heterocycles. The van der Waals surface area contributed by atoms with Crippen molar-refractivity contribution < 1.29 is 9.72 Å². The van der Waals surface area contributed by atoms with E-state index >= 15 is 0 Å². The van der Waals surface area contributed by atoms with Crippen LogP contribution in [0.1, 0.15) is 16.7 Å². The first-order valence-corrected chi connectivity index (χ1v) is 8.10. The van der Waals surface area contributed by atoms with Gasteiger partial charge >= 0.3 is 0 Å². The molecule has 5 nitrogen and oxygen atoms in total. The van der Waals surface area contributed by atoms with Crippen LogP contribution in [-0.4, -0.2) is 16.6 Å². The molecule has 23 heavy (non-hydrogen) atoms. The molecule has 1 N–H and O–H groups in total. The Bertz CT molecular complexity index is 759. The highest BCUT2D eigenvalue weighted by Crippen LogP contribution is 2.26. The van der Waals surface area contributed by atoms with Gasteiger partial charge in [0.05, 0.1) is 10.7 Å². The van der Waals surface area contributed by atoms with Gasteiger partial charge in [0.25, 0.3) is 5.69 Å². The number of anilines is 1. The minimum atomic E-state index is -0.487. The molecule has 2 rings (SSSR count). The third-order valence-corrected chi connectivity index (χ3v) is 4.47. The standard InChI is InChI=1S/C17H18N2O3S/c1-11-4-7-15(16(8-11)19(21)22)18-17(20)10-23-14-6-5-12(2)13(3)9-14/h4-9H,10H2,1-3H3,(H,18,20). The average molecular weight is 330 g/mol. The quantitative estimate of drug-likeness (QED) is 0.505. The van der Waals surface area contributed by atoms with Crippen LogP contribution >= 0.6 is 11.8 Å². The lowest BCUT2D eigenvalue weighted by atomic mass is 10.1. The molecule has 0 aliphatic rings. The number of hydrogen-bond donors (Lipinski definition) is 1. The first kappa shape index (κ1) is 17.0. The molecule has 0 fully saturated rings. The zero-order valence-electron chi connectivity index (χ0n) is 13.3. The maximum absolute atomic E-state index is 12.0. The van der Waals surface area contributed by atoms with E-state index in [-0.39, 0.29) is 23.0 Å². The Balaban J connectivity index is 2.02. The minimum Gasteiger partial charge on any atom is -0.320 e. The number of nitrogens with one attached hydrogen (secondary N) is 1. The van der Waals surface area contributed by atoms with Gasteiger partial charge in [-0.05, 0) is 55.7 Å². The van der Waals surface area contributed by atoms with Crippen molar-refractivity contribution in [3.05, 3.63) is 63.2 Å². The highest BCUT2D eigenvalue weighted by Gasteiger charge is 2.16. The summed E-state index contributed by atoms with van der Waals surface area (Å²) in [6.07, 6.45) is 0. The number of nitro groups is 1.